The van der Waals surface area contributed by atoms with Gasteiger partial charge in [-0.1, -0.05) is 0 Å². The predicted molar refractivity (Wildman–Crippen MR) is 86.2 cm³/mol. The third-order valence-electron chi connectivity index (χ3n) is 3.79. The highest BCUT2D eigenvalue weighted by Gasteiger charge is 2.35. The van der Waals surface area contributed by atoms with Gasteiger partial charge in [-0.05, 0) is 45.7 Å². The Hall–Kier alpha value is -2.64. The minimum Gasteiger partial charge on any atom is -0.476 e. The van der Waals surface area contributed by atoms with Crippen LogP contribution in [0.3, 0.4) is 0 Å². The predicted octanol–water partition coefficient (Wildman–Crippen LogP) is 1.74. The Morgan fingerprint density at radius 1 is 1.33 bits per heavy atom. The molecule has 3 rings (SSSR count). The summed E-state index contributed by atoms with van der Waals surface area (Å²) in [7, 11) is 0. The maximum absolute atomic E-state index is 12.4. The van der Waals surface area contributed by atoms with E-state index in [9.17, 15) is 14.7 Å². The van der Waals surface area contributed by atoms with Gasteiger partial charge in [0.15, 0.2) is 11.3 Å². The number of fused-ring (bicyclic) bond motifs is 1. The molecule has 0 radical (unpaired) electrons. The maximum Gasteiger partial charge on any atom is 0.356 e. The van der Waals surface area contributed by atoms with Crippen molar-refractivity contribution in [1.82, 2.24) is 14.6 Å². The number of carboxylic acids is 1. The summed E-state index contributed by atoms with van der Waals surface area (Å²) in [4.78, 5) is 29.6. The van der Waals surface area contributed by atoms with Gasteiger partial charge in [0.1, 0.15) is 17.5 Å². The molecule has 2 aromatic rings. The summed E-state index contributed by atoms with van der Waals surface area (Å²) in [5.41, 5.74) is -0.118. The quantitative estimate of drug-likeness (QED) is 0.855. The van der Waals surface area contributed by atoms with Gasteiger partial charge in [-0.3, -0.25) is 0 Å². The number of ether oxygens (including phenoxy) is 1. The van der Waals surface area contributed by atoms with Gasteiger partial charge in [0.25, 0.3) is 0 Å². The number of carboxylic acid groups (broad SMARTS) is 1. The van der Waals surface area contributed by atoms with Gasteiger partial charge in [0.2, 0.25) is 0 Å². The topological polar surface area (TPSA) is 97.0 Å². The van der Waals surface area contributed by atoms with Crippen molar-refractivity contribution in [2.75, 3.05) is 11.4 Å². The minimum atomic E-state index is -1.10. The maximum atomic E-state index is 12.4. The first-order chi connectivity index (χ1) is 11.3. The smallest absolute Gasteiger partial charge is 0.356 e. The average molecular weight is 332 g/mol. The highest BCUT2D eigenvalue weighted by molar-refractivity contribution is 5.86. The van der Waals surface area contributed by atoms with E-state index in [2.05, 4.69) is 10.1 Å². The van der Waals surface area contributed by atoms with E-state index in [-0.39, 0.29) is 11.7 Å². The molecule has 0 bridgehead atoms. The molecule has 24 heavy (non-hydrogen) atoms. The van der Waals surface area contributed by atoms with E-state index in [1.165, 1.54) is 10.7 Å². The summed E-state index contributed by atoms with van der Waals surface area (Å²) in [5, 5.41) is 13.6. The molecule has 0 unspecified atom stereocenters. The van der Waals surface area contributed by atoms with E-state index in [1.807, 2.05) is 25.7 Å². The number of carbonyl (C=O) groups is 2. The van der Waals surface area contributed by atoms with Crippen LogP contribution in [0.15, 0.2) is 18.3 Å². The third-order valence-corrected chi connectivity index (χ3v) is 3.79. The Morgan fingerprint density at radius 2 is 2.08 bits per heavy atom. The van der Waals surface area contributed by atoms with E-state index < -0.39 is 17.6 Å². The van der Waals surface area contributed by atoms with Crippen molar-refractivity contribution in [2.24, 2.45) is 0 Å². The molecule has 0 spiro atoms. The van der Waals surface area contributed by atoms with Crippen LogP contribution in [0.5, 0.6) is 0 Å². The summed E-state index contributed by atoms with van der Waals surface area (Å²) < 4.78 is 6.77. The number of nitrogens with zero attached hydrogens (tertiary/aromatic N) is 4. The molecule has 8 heteroatoms. The van der Waals surface area contributed by atoms with Gasteiger partial charge in [0.05, 0.1) is 6.20 Å². The van der Waals surface area contributed by atoms with Crippen LogP contribution in [0.25, 0.3) is 5.65 Å². The highest BCUT2D eigenvalue weighted by atomic mass is 16.6. The first-order valence-electron chi connectivity index (χ1n) is 7.84. The van der Waals surface area contributed by atoms with Crippen molar-refractivity contribution in [1.29, 1.82) is 0 Å². The molecule has 1 N–H and O–H groups in total. The van der Waals surface area contributed by atoms with Crippen molar-refractivity contribution in [2.45, 2.75) is 45.3 Å². The highest BCUT2D eigenvalue weighted by Crippen LogP contribution is 2.26. The second-order valence-corrected chi connectivity index (χ2v) is 6.80. The van der Waals surface area contributed by atoms with E-state index >= 15 is 0 Å². The van der Waals surface area contributed by atoms with Gasteiger partial charge in [-0.25, -0.2) is 19.1 Å². The van der Waals surface area contributed by atoms with Crippen LogP contribution >= 0.6 is 0 Å². The molecule has 1 atom stereocenters. The van der Waals surface area contributed by atoms with E-state index in [0.717, 1.165) is 6.42 Å². The van der Waals surface area contributed by atoms with Crippen molar-refractivity contribution in [3.63, 3.8) is 0 Å². The van der Waals surface area contributed by atoms with Crippen molar-refractivity contribution in [3.05, 3.63) is 24.0 Å². The number of esters is 1. The number of carbonyl (C=O) groups excluding carboxylic acids is 1. The molecule has 3 heterocycles. The molecule has 1 fully saturated rings. The summed E-state index contributed by atoms with van der Waals surface area (Å²) in [6, 6.07) is 3.03. The van der Waals surface area contributed by atoms with Gasteiger partial charge >= 0.3 is 11.9 Å². The van der Waals surface area contributed by atoms with Crippen LogP contribution in [0.4, 0.5) is 5.82 Å². The standard InChI is InChI=1S/C16H20N4O4/c1-16(2,3)24-15(23)10-5-4-8-19(10)13-7-6-12-17-9-11(14(21)22)20(12)18-13/h6-7,9-10H,4-5,8H2,1-3H3,(H,21,22)/t10-/m0/s1. The van der Waals surface area contributed by atoms with Crippen LogP contribution in [0, 0.1) is 0 Å². The molecule has 0 saturated carbocycles. The molecule has 0 aromatic carbocycles. The van der Waals surface area contributed by atoms with Gasteiger partial charge in [-0.2, -0.15) is 0 Å². The van der Waals surface area contributed by atoms with Gasteiger partial charge in [0, 0.05) is 6.54 Å². The van der Waals surface area contributed by atoms with Gasteiger partial charge < -0.3 is 14.7 Å². The summed E-state index contributed by atoms with van der Waals surface area (Å²) >= 11 is 0. The van der Waals surface area contributed by atoms with Crippen LogP contribution < -0.4 is 4.90 Å². The first-order valence-corrected chi connectivity index (χ1v) is 7.84. The zero-order valence-corrected chi connectivity index (χ0v) is 13.9. The van der Waals surface area contributed by atoms with E-state index in [0.29, 0.717) is 24.4 Å². The number of aromatic carboxylic acids is 1. The average Bonchev–Trinajstić information content (AvgIpc) is 3.11. The number of imidazole rings is 1. The Labute approximate surface area is 139 Å². The van der Waals surface area contributed by atoms with E-state index in [4.69, 9.17) is 4.74 Å². The third kappa shape index (κ3) is 3.04. The molecule has 0 amide bonds. The molecular formula is C16H20N4O4. The lowest BCUT2D eigenvalue weighted by Crippen LogP contribution is -2.41. The molecule has 128 valence electrons. The number of rotatable bonds is 3. The SMILES string of the molecule is CC(C)(C)OC(=O)[C@@H]1CCCN1c1ccc2ncc(C(=O)O)n2n1. The largest absolute Gasteiger partial charge is 0.476 e. The number of anilines is 1. The van der Waals surface area contributed by atoms with Crippen molar-refractivity contribution in [3.8, 4) is 0 Å². The van der Waals surface area contributed by atoms with E-state index in [1.54, 1.807) is 12.1 Å². The molecular weight excluding hydrogens is 312 g/mol. The Morgan fingerprint density at radius 3 is 2.75 bits per heavy atom. The molecule has 1 aliphatic rings. The number of aromatic nitrogens is 3. The summed E-state index contributed by atoms with van der Waals surface area (Å²) in [5.74, 6) is -0.848. The fraction of sp³-hybridized carbons (Fsp3) is 0.500. The zero-order valence-electron chi connectivity index (χ0n) is 13.9. The number of hydrogen-bond donors (Lipinski definition) is 1. The minimum absolute atomic E-state index is 0.0140. The van der Waals surface area contributed by atoms with Crippen LogP contribution in [-0.2, 0) is 9.53 Å². The second-order valence-electron chi connectivity index (χ2n) is 6.80. The van der Waals surface area contributed by atoms with Crippen molar-refractivity contribution < 1.29 is 19.4 Å². The molecule has 2 aromatic heterocycles. The lowest BCUT2D eigenvalue weighted by Gasteiger charge is -2.28. The number of hydrogen-bond acceptors (Lipinski definition) is 6. The monoisotopic (exact) mass is 332 g/mol. The summed E-state index contributed by atoms with van der Waals surface area (Å²) in [6.07, 6.45) is 2.80. The molecule has 1 aliphatic heterocycles. The Kier molecular flexibility index (Phi) is 3.90. The first kappa shape index (κ1) is 16.2. The normalized spacial score (nSPS) is 18.1. The zero-order chi connectivity index (χ0) is 17.5. The van der Waals surface area contributed by atoms with Crippen LogP contribution in [0.1, 0.15) is 44.1 Å². The molecule has 1 saturated heterocycles. The van der Waals surface area contributed by atoms with Crippen LogP contribution in [0.2, 0.25) is 0 Å². The molecule has 0 aliphatic carbocycles. The fourth-order valence-electron chi connectivity index (χ4n) is 2.82. The molecule has 8 nitrogen and oxygen atoms in total. The lowest BCUT2D eigenvalue weighted by molar-refractivity contribution is -0.156. The Balaban J connectivity index is 1.92. The Bertz CT molecular complexity index is 793. The van der Waals surface area contributed by atoms with Gasteiger partial charge in [-0.15, -0.1) is 5.10 Å². The second kappa shape index (κ2) is 5.77. The van der Waals surface area contributed by atoms with Crippen LogP contribution in [-0.4, -0.2) is 49.8 Å². The van der Waals surface area contributed by atoms with Crippen molar-refractivity contribution >= 4 is 23.4 Å². The fourth-order valence-corrected chi connectivity index (χ4v) is 2.82. The lowest BCUT2D eigenvalue weighted by atomic mass is 10.1. The summed E-state index contributed by atoms with van der Waals surface area (Å²) in [6.45, 7) is 6.16.